The standard InChI is InChI=1S/C8H15NO3Si/c1-7(10)6-8(11)9-13-5-3-2-4-12-13/h13H,2-6H2,1H3,(H,9,11). The molecule has 1 atom stereocenters. The summed E-state index contributed by atoms with van der Waals surface area (Å²) in [6.07, 6.45) is 2.22. The summed E-state index contributed by atoms with van der Waals surface area (Å²) < 4.78 is 5.43. The summed E-state index contributed by atoms with van der Waals surface area (Å²) >= 11 is 0. The van der Waals surface area contributed by atoms with E-state index in [9.17, 15) is 9.59 Å². The van der Waals surface area contributed by atoms with Gasteiger partial charge in [-0.3, -0.25) is 9.59 Å². The minimum absolute atomic E-state index is 0.00708. The number of carbonyl (C=O) groups is 2. The minimum atomic E-state index is -1.49. The molecule has 1 saturated heterocycles. The molecular formula is C8H15NO3Si. The van der Waals surface area contributed by atoms with E-state index in [0.29, 0.717) is 0 Å². The molecule has 1 rings (SSSR count). The van der Waals surface area contributed by atoms with Gasteiger partial charge >= 0.3 is 0 Å². The second-order valence-electron chi connectivity index (χ2n) is 3.30. The molecule has 1 amide bonds. The highest BCUT2D eigenvalue weighted by atomic mass is 28.3. The summed E-state index contributed by atoms with van der Waals surface area (Å²) in [5.41, 5.74) is 0. The molecular weight excluding hydrogens is 186 g/mol. The number of carbonyl (C=O) groups excluding carboxylic acids is 2. The van der Waals surface area contributed by atoms with Crippen molar-refractivity contribution in [3.63, 3.8) is 0 Å². The summed E-state index contributed by atoms with van der Waals surface area (Å²) in [5.74, 6) is -0.270. The molecule has 0 spiro atoms. The number of Topliss-reactive ketones (excluding diaryl/α,β-unsaturated/α-hetero) is 1. The Balaban J connectivity index is 2.22. The van der Waals surface area contributed by atoms with Crippen LogP contribution in [0.15, 0.2) is 0 Å². The van der Waals surface area contributed by atoms with E-state index in [2.05, 4.69) is 4.98 Å². The van der Waals surface area contributed by atoms with Gasteiger partial charge in [0.05, 0.1) is 6.42 Å². The van der Waals surface area contributed by atoms with Crippen molar-refractivity contribution < 1.29 is 14.0 Å². The predicted octanol–water partition coefficient (Wildman–Crippen LogP) is 0.113. The Hall–Kier alpha value is -0.683. The highest BCUT2D eigenvalue weighted by Gasteiger charge is 2.19. The Morgan fingerprint density at radius 2 is 2.23 bits per heavy atom. The maximum atomic E-state index is 11.1. The van der Waals surface area contributed by atoms with Crippen molar-refractivity contribution in [1.29, 1.82) is 0 Å². The van der Waals surface area contributed by atoms with Crippen LogP contribution >= 0.6 is 0 Å². The third-order valence-corrected chi connectivity index (χ3v) is 4.13. The van der Waals surface area contributed by atoms with E-state index < -0.39 is 9.20 Å². The van der Waals surface area contributed by atoms with Crippen molar-refractivity contribution in [3.8, 4) is 0 Å². The molecule has 0 aromatic heterocycles. The number of amides is 1. The Morgan fingerprint density at radius 1 is 1.46 bits per heavy atom. The van der Waals surface area contributed by atoms with Crippen molar-refractivity contribution >= 4 is 20.9 Å². The molecule has 5 heteroatoms. The molecule has 0 radical (unpaired) electrons. The van der Waals surface area contributed by atoms with Crippen LogP contribution in [0, 0.1) is 0 Å². The Kier molecular flexibility index (Phi) is 4.11. The molecule has 1 fully saturated rings. The molecule has 0 saturated carbocycles. The predicted molar refractivity (Wildman–Crippen MR) is 50.6 cm³/mol. The van der Waals surface area contributed by atoms with Gasteiger partial charge in [0.15, 0.2) is 0 Å². The molecule has 0 aromatic rings. The second-order valence-corrected chi connectivity index (χ2v) is 5.48. The molecule has 1 aliphatic heterocycles. The Labute approximate surface area is 79.5 Å². The highest BCUT2D eigenvalue weighted by molar-refractivity contribution is 6.52. The quantitative estimate of drug-likeness (QED) is 0.521. The topological polar surface area (TPSA) is 55.4 Å². The Bertz CT molecular complexity index is 202. The zero-order chi connectivity index (χ0) is 9.68. The average molecular weight is 201 g/mol. The monoisotopic (exact) mass is 201 g/mol. The van der Waals surface area contributed by atoms with Crippen LogP contribution in [0.2, 0.25) is 6.04 Å². The zero-order valence-corrected chi connectivity index (χ0v) is 8.99. The van der Waals surface area contributed by atoms with Crippen LogP contribution in [0.25, 0.3) is 0 Å². The third-order valence-electron chi connectivity index (χ3n) is 1.91. The molecule has 1 aliphatic rings. The fraction of sp³-hybridized carbons (Fsp3) is 0.750. The number of hydrogen-bond donors (Lipinski definition) is 1. The molecule has 1 unspecified atom stereocenters. The van der Waals surface area contributed by atoms with Crippen LogP contribution in [-0.2, 0) is 14.0 Å². The summed E-state index contributed by atoms with van der Waals surface area (Å²) in [4.78, 5) is 24.6. The fourth-order valence-corrected chi connectivity index (χ4v) is 3.28. The summed E-state index contributed by atoms with van der Waals surface area (Å²) in [5, 5.41) is 0. The van der Waals surface area contributed by atoms with Crippen LogP contribution < -0.4 is 4.98 Å². The molecule has 1 N–H and O–H groups in total. The molecule has 1 heterocycles. The van der Waals surface area contributed by atoms with E-state index in [1.54, 1.807) is 0 Å². The lowest BCUT2D eigenvalue weighted by molar-refractivity contribution is -0.126. The van der Waals surface area contributed by atoms with Gasteiger partial charge in [-0.05, 0) is 25.8 Å². The first-order valence-electron chi connectivity index (χ1n) is 4.59. The number of hydrogen-bond acceptors (Lipinski definition) is 3. The van der Waals surface area contributed by atoms with Gasteiger partial charge in [-0.2, -0.15) is 0 Å². The van der Waals surface area contributed by atoms with Gasteiger partial charge in [0.1, 0.15) is 5.78 Å². The molecule has 0 bridgehead atoms. The van der Waals surface area contributed by atoms with Crippen molar-refractivity contribution in [2.45, 2.75) is 32.2 Å². The SMILES string of the molecule is CC(=O)CC(=O)N[SiH]1CCCCO1. The molecule has 4 nitrogen and oxygen atoms in total. The second kappa shape index (κ2) is 5.13. The van der Waals surface area contributed by atoms with Crippen LogP contribution in [0.4, 0.5) is 0 Å². The largest absolute Gasteiger partial charge is 0.401 e. The fourth-order valence-electron chi connectivity index (χ4n) is 1.31. The van der Waals surface area contributed by atoms with Gasteiger partial charge in [-0.1, -0.05) is 0 Å². The van der Waals surface area contributed by atoms with Gasteiger partial charge in [-0.25, -0.2) is 0 Å². The number of ketones is 1. The van der Waals surface area contributed by atoms with Crippen LogP contribution in [0.1, 0.15) is 26.2 Å². The van der Waals surface area contributed by atoms with Crippen LogP contribution in [0.3, 0.4) is 0 Å². The minimum Gasteiger partial charge on any atom is -0.401 e. The Morgan fingerprint density at radius 3 is 2.77 bits per heavy atom. The van der Waals surface area contributed by atoms with Crippen molar-refractivity contribution in [3.05, 3.63) is 0 Å². The average Bonchev–Trinajstić information content (AvgIpc) is 2.04. The van der Waals surface area contributed by atoms with Gasteiger partial charge < -0.3 is 9.41 Å². The zero-order valence-electron chi connectivity index (χ0n) is 7.84. The lowest BCUT2D eigenvalue weighted by Gasteiger charge is -2.21. The van der Waals surface area contributed by atoms with Crippen LogP contribution in [0.5, 0.6) is 0 Å². The normalized spacial score (nSPS) is 22.4. The maximum Gasteiger partial charge on any atom is 0.283 e. The van der Waals surface area contributed by atoms with E-state index in [1.165, 1.54) is 6.92 Å². The number of nitrogens with one attached hydrogen (secondary N) is 1. The molecule has 0 aromatic carbocycles. The molecule has 13 heavy (non-hydrogen) atoms. The highest BCUT2D eigenvalue weighted by Crippen LogP contribution is 2.08. The third kappa shape index (κ3) is 4.19. The van der Waals surface area contributed by atoms with Crippen LogP contribution in [-0.4, -0.2) is 27.5 Å². The van der Waals surface area contributed by atoms with E-state index in [0.717, 1.165) is 25.5 Å². The maximum absolute atomic E-state index is 11.1. The lowest BCUT2D eigenvalue weighted by atomic mass is 10.3. The van der Waals surface area contributed by atoms with Crippen molar-refractivity contribution in [1.82, 2.24) is 4.98 Å². The van der Waals surface area contributed by atoms with E-state index >= 15 is 0 Å². The summed E-state index contributed by atoms with van der Waals surface area (Å²) in [6.45, 7) is 2.18. The van der Waals surface area contributed by atoms with E-state index in [-0.39, 0.29) is 18.1 Å². The smallest absolute Gasteiger partial charge is 0.283 e. The van der Waals surface area contributed by atoms with Gasteiger partial charge in [0.2, 0.25) is 5.91 Å². The first-order chi connectivity index (χ1) is 6.18. The first kappa shape index (κ1) is 10.4. The van der Waals surface area contributed by atoms with E-state index in [4.69, 9.17) is 4.43 Å². The summed E-state index contributed by atoms with van der Waals surface area (Å²) in [6, 6.07) is 0.990. The van der Waals surface area contributed by atoms with Gasteiger partial charge in [-0.15, -0.1) is 0 Å². The van der Waals surface area contributed by atoms with Gasteiger partial charge in [0, 0.05) is 6.61 Å². The van der Waals surface area contributed by atoms with Crippen molar-refractivity contribution in [2.24, 2.45) is 0 Å². The lowest BCUT2D eigenvalue weighted by Crippen LogP contribution is -2.43. The molecule has 0 aliphatic carbocycles. The van der Waals surface area contributed by atoms with E-state index in [1.807, 2.05) is 0 Å². The van der Waals surface area contributed by atoms with Crippen molar-refractivity contribution in [2.75, 3.05) is 6.61 Å². The summed E-state index contributed by atoms with van der Waals surface area (Å²) in [7, 11) is -1.49. The first-order valence-corrected chi connectivity index (χ1v) is 6.45. The van der Waals surface area contributed by atoms with Gasteiger partial charge in [0.25, 0.3) is 9.20 Å². The number of rotatable bonds is 3. The molecule has 74 valence electrons.